The minimum Gasteiger partial charge on any atom is -0.311 e. The quantitative estimate of drug-likeness (QED) is 0.545. The average Bonchev–Trinajstić information content (AvgIpc) is 3.12. The molecule has 0 atom stereocenters. The van der Waals surface area contributed by atoms with Crippen molar-refractivity contribution in [2.24, 2.45) is 0 Å². The molecule has 2 aliphatic heterocycles. The van der Waals surface area contributed by atoms with E-state index in [1.807, 2.05) is 48.5 Å². The lowest BCUT2D eigenvalue weighted by atomic mass is 9.99. The van der Waals surface area contributed by atoms with Crippen LogP contribution in [0.15, 0.2) is 48.5 Å². The summed E-state index contributed by atoms with van der Waals surface area (Å²) in [5.41, 5.74) is 3.62. The maximum atomic E-state index is 12.3. The SMILES string of the molecule is O=Cc1cc(-c2ccccc2)ccc1CN1CCN(C(=O)ON2C(=O)CCC2=O)CC1. The smallest absolute Gasteiger partial charge is 0.311 e. The largest absolute Gasteiger partial charge is 0.434 e. The third-order valence-corrected chi connectivity index (χ3v) is 5.58. The number of hydroxylamine groups is 2. The summed E-state index contributed by atoms with van der Waals surface area (Å²) in [6.45, 7) is 2.60. The van der Waals surface area contributed by atoms with Crippen LogP contribution in [0.4, 0.5) is 4.79 Å². The van der Waals surface area contributed by atoms with Crippen LogP contribution in [-0.2, 0) is 21.0 Å². The molecule has 0 spiro atoms. The number of carbonyl (C=O) groups excluding carboxylic acids is 4. The summed E-state index contributed by atoms with van der Waals surface area (Å²) >= 11 is 0. The molecule has 0 aliphatic carbocycles. The molecule has 0 aromatic heterocycles. The lowest BCUT2D eigenvalue weighted by molar-refractivity contribution is -0.174. The highest BCUT2D eigenvalue weighted by Gasteiger charge is 2.34. The topological polar surface area (TPSA) is 87.2 Å². The van der Waals surface area contributed by atoms with E-state index in [1.54, 1.807) is 0 Å². The van der Waals surface area contributed by atoms with Gasteiger partial charge in [-0.25, -0.2) is 4.79 Å². The summed E-state index contributed by atoms with van der Waals surface area (Å²) in [6.07, 6.45) is 0.327. The zero-order valence-corrected chi connectivity index (χ0v) is 17.0. The minimum atomic E-state index is -0.691. The van der Waals surface area contributed by atoms with Crippen LogP contribution in [0.25, 0.3) is 11.1 Å². The Morgan fingerprint density at radius 1 is 0.903 bits per heavy atom. The van der Waals surface area contributed by atoms with Crippen molar-refractivity contribution < 1.29 is 24.0 Å². The van der Waals surface area contributed by atoms with Crippen molar-refractivity contribution in [3.63, 3.8) is 0 Å². The first-order valence-corrected chi connectivity index (χ1v) is 10.2. The van der Waals surface area contributed by atoms with Gasteiger partial charge in [-0.1, -0.05) is 42.5 Å². The van der Waals surface area contributed by atoms with Gasteiger partial charge in [0, 0.05) is 51.1 Å². The highest BCUT2D eigenvalue weighted by molar-refractivity contribution is 6.01. The second-order valence-corrected chi connectivity index (χ2v) is 7.60. The predicted octanol–water partition coefficient (Wildman–Crippen LogP) is 2.48. The first kappa shape index (κ1) is 20.7. The van der Waals surface area contributed by atoms with Crippen LogP contribution < -0.4 is 0 Å². The molecule has 0 unspecified atom stereocenters. The van der Waals surface area contributed by atoms with E-state index in [4.69, 9.17) is 4.84 Å². The van der Waals surface area contributed by atoms with Gasteiger partial charge in [0.05, 0.1) is 0 Å². The van der Waals surface area contributed by atoms with Crippen molar-refractivity contribution in [2.45, 2.75) is 19.4 Å². The molecular formula is C23H23N3O5. The minimum absolute atomic E-state index is 0.0714. The van der Waals surface area contributed by atoms with Crippen LogP contribution >= 0.6 is 0 Å². The molecule has 2 saturated heterocycles. The Labute approximate surface area is 179 Å². The summed E-state index contributed by atoms with van der Waals surface area (Å²) in [4.78, 5) is 55.8. The monoisotopic (exact) mass is 421 g/mol. The second-order valence-electron chi connectivity index (χ2n) is 7.60. The Balaban J connectivity index is 1.34. The molecule has 0 N–H and O–H groups in total. The zero-order valence-electron chi connectivity index (χ0n) is 17.0. The third kappa shape index (κ3) is 4.64. The molecule has 3 amide bonds. The Morgan fingerprint density at radius 3 is 2.23 bits per heavy atom. The van der Waals surface area contributed by atoms with Gasteiger partial charge >= 0.3 is 6.09 Å². The number of rotatable bonds is 5. The third-order valence-electron chi connectivity index (χ3n) is 5.58. The van der Waals surface area contributed by atoms with Gasteiger partial charge in [0.2, 0.25) is 0 Å². The zero-order chi connectivity index (χ0) is 21.8. The first-order chi connectivity index (χ1) is 15.0. The number of benzene rings is 2. The van der Waals surface area contributed by atoms with Gasteiger partial charge in [-0.3, -0.25) is 19.3 Å². The normalized spacial score (nSPS) is 17.2. The van der Waals surface area contributed by atoms with Gasteiger partial charge in [0.15, 0.2) is 0 Å². The Morgan fingerprint density at radius 2 is 1.58 bits per heavy atom. The molecule has 0 saturated carbocycles. The fraction of sp³-hybridized carbons (Fsp3) is 0.304. The van der Waals surface area contributed by atoms with Crippen molar-refractivity contribution >= 4 is 24.2 Å². The van der Waals surface area contributed by atoms with E-state index in [2.05, 4.69) is 4.90 Å². The lowest BCUT2D eigenvalue weighted by Crippen LogP contribution is -2.50. The number of hydrogen-bond acceptors (Lipinski definition) is 6. The summed E-state index contributed by atoms with van der Waals surface area (Å²) in [5, 5.41) is 0.569. The Kier molecular flexibility index (Phi) is 6.08. The van der Waals surface area contributed by atoms with Crippen molar-refractivity contribution in [3.8, 4) is 11.1 Å². The number of hydrogen-bond donors (Lipinski definition) is 0. The number of aldehydes is 1. The van der Waals surface area contributed by atoms with Gasteiger partial charge in [-0.15, -0.1) is 5.06 Å². The highest BCUT2D eigenvalue weighted by Crippen LogP contribution is 2.23. The molecule has 8 nitrogen and oxygen atoms in total. The van der Waals surface area contributed by atoms with Crippen LogP contribution in [0.1, 0.15) is 28.8 Å². The van der Waals surface area contributed by atoms with Gasteiger partial charge < -0.3 is 9.74 Å². The maximum Gasteiger partial charge on any atom is 0.434 e. The maximum absolute atomic E-state index is 12.3. The molecule has 31 heavy (non-hydrogen) atoms. The summed E-state index contributed by atoms with van der Waals surface area (Å²) < 4.78 is 0. The van der Waals surface area contributed by atoms with E-state index in [-0.39, 0.29) is 12.8 Å². The van der Waals surface area contributed by atoms with E-state index >= 15 is 0 Å². The molecule has 8 heteroatoms. The standard InChI is InChI=1S/C23H23N3O5/c27-16-20-14-18(17-4-2-1-3-5-17)6-7-19(20)15-24-10-12-25(13-11-24)23(30)31-26-21(28)8-9-22(26)29/h1-7,14,16H,8-13,15H2. The number of amides is 3. The van der Waals surface area contributed by atoms with Crippen molar-refractivity contribution in [2.75, 3.05) is 26.2 Å². The number of nitrogens with zero attached hydrogens (tertiary/aromatic N) is 3. The molecule has 2 heterocycles. The van der Waals surface area contributed by atoms with E-state index in [1.165, 1.54) is 4.90 Å². The fourth-order valence-corrected chi connectivity index (χ4v) is 3.78. The van der Waals surface area contributed by atoms with Gasteiger partial charge in [0.25, 0.3) is 11.8 Å². The Hall–Kier alpha value is -3.52. The number of carbonyl (C=O) groups is 4. The molecule has 0 bridgehead atoms. The van der Waals surface area contributed by atoms with Gasteiger partial charge in [-0.2, -0.15) is 0 Å². The summed E-state index contributed by atoms with van der Waals surface area (Å²) in [7, 11) is 0. The summed E-state index contributed by atoms with van der Waals surface area (Å²) in [6, 6.07) is 15.8. The van der Waals surface area contributed by atoms with Gasteiger partial charge in [-0.05, 0) is 22.8 Å². The predicted molar refractivity (Wildman–Crippen MR) is 112 cm³/mol. The molecule has 0 radical (unpaired) electrons. The lowest BCUT2D eigenvalue weighted by Gasteiger charge is -2.34. The summed E-state index contributed by atoms with van der Waals surface area (Å²) in [5.74, 6) is -0.977. The van der Waals surface area contributed by atoms with E-state index in [0.717, 1.165) is 23.0 Å². The van der Waals surface area contributed by atoms with Crippen LogP contribution in [0.3, 0.4) is 0 Å². The molecule has 2 fully saturated rings. The molecule has 4 rings (SSSR count). The van der Waals surface area contributed by atoms with E-state index < -0.39 is 17.9 Å². The van der Waals surface area contributed by atoms with Crippen molar-refractivity contribution in [1.82, 2.24) is 14.9 Å². The van der Waals surface area contributed by atoms with Crippen LogP contribution in [0.2, 0.25) is 0 Å². The molecule has 2 aliphatic rings. The first-order valence-electron chi connectivity index (χ1n) is 10.2. The van der Waals surface area contributed by atoms with Gasteiger partial charge in [0.1, 0.15) is 6.29 Å². The van der Waals surface area contributed by atoms with Crippen molar-refractivity contribution in [3.05, 3.63) is 59.7 Å². The molecule has 2 aromatic carbocycles. The Bertz CT molecular complexity index is 984. The van der Waals surface area contributed by atoms with Crippen molar-refractivity contribution in [1.29, 1.82) is 0 Å². The molecule has 160 valence electrons. The molecular weight excluding hydrogens is 398 g/mol. The van der Waals surface area contributed by atoms with Crippen LogP contribution in [0, 0.1) is 0 Å². The van der Waals surface area contributed by atoms with E-state index in [9.17, 15) is 19.2 Å². The average molecular weight is 421 g/mol. The highest BCUT2D eigenvalue weighted by atomic mass is 16.7. The number of piperazine rings is 1. The van der Waals surface area contributed by atoms with E-state index in [0.29, 0.717) is 43.4 Å². The van der Waals surface area contributed by atoms with Crippen LogP contribution in [0.5, 0.6) is 0 Å². The second kappa shape index (κ2) is 9.09. The molecule has 2 aromatic rings. The van der Waals surface area contributed by atoms with Crippen LogP contribution in [-0.4, -0.2) is 65.2 Å². The number of imide groups is 1. The fourth-order valence-electron chi connectivity index (χ4n) is 3.78.